The van der Waals surface area contributed by atoms with E-state index < -0.39 is 13.4 Å². The summed E-state index contributed by atoms with van der Waals surface area (Å²) in [6.07, 6.45) is 0. The normalized spacial score (nSPS) is 10.0. The minimum atomic E-state index is -1.14. The van der Waals surface area contributed by atoms with Crippen LogP contribution in [0.25, 0.3) is 0 Å². The van der Waals surface area contributed by atoms with Crippen LogP contribution in [-0.2, 0) is 0 Å². The molecular weight excluding hydrogens is 216 g/mol. The van der Waals surface area contributed by atoms with E-state index in [1.165, 1.54) is 0 Å². The fourth-order valence-electron chi connectivity index (χ4n) is 0.581. The lowest BCUT2D eigenvalue weighted by Gasteiger charge is -1.97. The lowest BCUT2D eigenvalue weighted by molar-refractivity contribution is 0.0697. The van der Waals surface area contributed by atoms with Crippen molar-refractivity contribution in [3.05, 3.63) is 35.9 Å². The van der Waals surface area contributed by atoms with E-state index in [0.717, 1.165) is 0 Å². The Balaban J connectivity index is 0.000000292. The molecule has 0 heterocycles. The van der Waals surface area contributed by atoms with Gasteiger partial charge >= 0.3 is 5.97 Å². The second kappa shape index (κ2) is 5.83. The third-order valence-corrected chi connectivity index (χ3v) is 1.02. The topological polar surface area (TPSA) is 37.3 Å². The van der Waals surface area contributed by atoms with E-state index in [9.17, 15) is 4.79 Å². The molecule has 0 aliphatic rings. The summed E-state index contributed by atoms with van der Waals surface area (Å²) in [6, 6.07) is 8.30. The van der Waals surface area contributed by atoms with E-state index in [2.05, 4.69) is 19.6 Å². The monoisotopic (exact) mass is 230 g/mol. The van der Waals surface area contributed by atoms with Gasteiger partial charge in [-0.3, -0.25) is 0 Å². The molecule has 0 spiro atoms. The zero-order valence-corrected chi connectivity index (χ0v) is 10.4. The van der Waals surface area contributed by atoms with Crippen molar-refractivity contribution in [2.75, 3.05) is 0 Å². The molecule has 0 fully saturated rings. The maximum atomic E-state index is 10.2. The average molecular weight is 231 g/mol. The quantitative estimate of drug-likeness (QED) is 0.593. The minimum absolute atomic E-state index is 0.331. The number of carboxylic acids is 1. The van der Waals surface area contributed by atoms with Gasteiger partial charge in [-0.1, -0.05) is 37.8 Å². The second-order valence-corrected chi connectivity index (χ2v) is 11.3. The molecule has 0 saturated carbocycles. The van der Waals surface area contributed by atoms with Gasteiger partial charge < -0.3 is 5.11 Å². The number of carbonyl (C=O) groups is 1. The van der Waals surface area contributed by atoms with Crippen LogP contribution in [0.4, 0.5) is 0 Å². The molecule has 0 saturated heterocycles. The van der Waals surface area contributed by atoms with Crippen molar-refractivity contribution in [2.24, 2.45) is 0 Å². The van der Waals surface area contributed by atoms with Crippen LogP contribution in [0.2, 0.25) is 19.6 Å². The highest BCUT2D eigenvalue weighted by Crippen LogP contribution is 2.03. The Bertz CT molecular complexity index is 274. The Hall–Kier alpha value is -0.803. The van der Waals surface area contributed by atoms with Crippen LogP contribution < -0.4 is 0 Å². The summed E-state index contributed by atoms with van der Waals surface area (Å²) in [5.74, 6) is -0.879. The van der Waals surface area contributed by atoms with Crippen molar-refractivity contribution in [2.45, 2.75) is 19.6 Å². The standard InChI is InChI=1S/C7H6O2.C3H9ClSi/c8-7(9)6-4-2-1-3-5-6;1-5(2,3)4/h1-5H,(H,8,9);1-3H3. The second-order valence-electron chi connectivity index (χ2n) is 3.74. The van der Waals surface area contributed by atoms with Crippen molar-refractivity contribution in [3.63, 3.8) is 0 Å². The van der Waals surface area contributed by atoms with Gasteiger partial charge in [0.2, 0.25) is 0 Å². The summed E-state index contributed by atoms with van der Waals surface area (Å²) in [5.41, 5.74) is 0.331. The van der Waals surface area contributed by atoms with Crippen LogP contribution in [-0.4, -0.2) is 18.5 Å². The van der Waals surface area contributed by atoms with Gasteiger partial charge in [-0.15, -0.1) is 0 Å². The molecule has 78 valence electrons. The molecule has 2 nitrogen and oxygen atoms in total. The van der Waals surface area contributed by atoms with E-state index in [-0.39, 0.29) is 0 Å². The van der Waals surface area contributed by atoms with Crippen LogP contribution in [0.1, 0.15) is 10.4 Å². The van der Waals surface area contributed by atoms with Gasteiger partial charge in [0.25, 0.3) is 0 Å². The number of hydrogen-bond donors (Lipinski definition) is 1. The SMILES string of the molecule is C[Si](C)(C)Cl.O=C(O)c1ccccc1. The average Bonchev–Trinajstić information content (AvgIpc) is 2.03. The molecule has 0 radical (unpaired) electrons. The third kappa shape index (κ3) is 9.29. The highest BCUT2D eigenvalue weighted by atomic mass is 35.6. The number of hydrogen-bond acceptors (Lipinski definition) is 1. The van der Waals surface area contributed by atoms with Crippen LogP contribution in [0.5, 0.6) is 0 Å². The Kier molecular flexibility index (Phi) is 5.49. The lowest BCUT2D eigenvalue weighted by atomic mass is 10.2. The molecule has 4 heteroatoms. The molecule has 0 unspecified atom stereocenters. The Morgan fingerprint density at radius 1 is 1.21 bits per heavy atom. The first-order valence-electron chi connectivity index (χ1n) is 4.28. The van der Waals surface area contributed by atoms with Crippen LogP contribution in [0.3, 0.4) is 0 Å². The van der Waals surface area contributed by atoms with Crippen molar-refractivity contribution in [1.82, 2.24) is 0 Å². The molecule has 0 atom stereocenters. The van der Waals surface area contributed by atoms with Crippen molar-refractivity contribution in [3.8, 4) is 0 Å². The summed E-state index contributed by atoms with van der Waals surface area (Å²) < 4.78 is 0. The molecule has 0 amide bonds. The molecular formula is C10H15ClO2Si. The van der Waals surface area contributed by atoms with E-state index in [1.807, 2.05) is 0 Å². The fraction of sp³-hybridized carbons (Fsp3) is 0.300. The summed E-state index contributed by atoms with van der Waals surface area (Å²) in [5, 5.41) is 8.38. The Morgan fingerprint density at radius 3 is 1.79 bits per heavy atom. The molecule has 1 rings (SSSR count). The highest BCUT2D eigenvalue weighted by molar-refractivity contribution is 7.18. The lowest BCUT2D eigenvalue weighted by Crippen LogP contribution is -2.06. The van der Waals surface area contributed by atoms with E-state index in [4.69, 9.17) is 16.2 Å². The maximum absolute atomic E-state index is 10.2. The molecule has 0 bridgehead atoms. The number of rotatable bonds is 1. The predicted octanol–water partition coefficient (Wildman–Crippen LogP) is 3.44. The van der Waals surface area contributed by atoms with Crippen LogP contribution in [0, 0.1) is 0 Å². The van der Waals surface area contributed by atoms with Gasteiger partial charge in [0.1, 0.15) is 7.38 Å². The first-order chi connectivity index (χ1) is 6.30. The van der Waals surface area contributed by atoms with E-state index in [1.54, 1.807) is 30.3 Å². The van der Waals surface area contributed by atoms with Crippen molar-refractivity contribution in [1.29, 1.82) is 0 Å². The molecule has 0 aliphatic carbocycles. The fourth-order valence-corrected chi connectivity index (χ4v) is 0.581. The predicted molar refractivity (Wildman–Crippen MR) is 62.6 cm³/mol. The van der Waals surface area contributed by atoms with E-state index >= 15 is 0 Å². The van der Waals surface area contributed by atoms with Gasteiger partial charge in [-0.05, 0) is 12.1 Å². The maximum Gasteiger partial charge on any atom is 0.335 e. The molecule has 1 N–H and O–H groups in total. The summed E-state index contributed by atoms with van der Waals surface area (Å²) in [6.45, 7) is 6.28. The van der Waals surface area contributed by atoms with Gasteiger partial charge in [-0.25, -0.2) is 4.79 Å². The number of halogens is 1. The highest BCUT2D eigenvalue weighted by Gasteiger charge is 2.04. The zero-order valence-electron chi connectivity index (χ0n) is 8.62. The van der Waals surface area contributed by atoms with Crippen molar-refractivity contribution < 1.29 is 9.90 Å². The van der Waals surface area contributed by atoms with Crippen molar-refractivity contribution >= 4 is 24.4 Å². The minimum Gasteiger partial charge on any atom is -0.478 e. The van der Waals surface area contributed by atoms with Gasteiger partial charge in [0.15, 0.2) is 0 Å². The number of benzene rings is 1. The molecule has 1 aromatic carbocycles. The Morgan fingerprint density at radius 2 is 1.57 bits per heavy atom. The Labute approximate surface area is 90.2 Å². The largest absolute Gasteiger partial charge is 0.478 e. The van der Waals surface area contributed by atoms with Gasteiger partial charge in [0.05, 0.1) is 5.56 Å². The summed E-state index contributed by atoms with van der Waals surface area (Å²) in [7, 11) is -1.14. The summed E-state index contributed by atoms with van der Waals surface area (Å²) in [4.78, 5) is 10.2. The molecule has 1 aromatic rings. The third-order valence-electron chi connectivity index (χ3n) is 1.02. The van der Waals surface area contributed by atoms with Crippen LogP contribution in [0.15, 0.2) is 30.3 Å². The molecule has 0 aromatic heterocycles. The molecule has 14 heavy (non-hydrogen) atoms. The van der Waals surface area contributed by atoms with Crippen LogP contribution >= 0.6 is 11.1 Å². The smallest absolute Gasteiger partial charge is 0.335 e. The number of carboxylic acid groups (broad SMARTS) is 1. The van der Waals surface area contributed by atoms with E-state index in [0.29, 0.717) is 5.56 Å². The first kappa shape index (κ1) is 13.2. The summed E-state index contributed by atoms with van der Waals surface area (Å²) >= 11 is 5.67. The van der Waals surface area contributed by atoms with Gasteiger partial charge in [-0.2, -0.15) is 11.1 Å². The number of aromatic carboxylic acids is 1. The molecule has 0 aliphatic heterocycles. The van der Waals surface area contributed by atoms with Gasteiger partial charge in [0, 0.05) is 0 Å². The zero-order chi connectivity index (χ0) is 11.2. The first-order valence-corrected chi connectivity index (χ1v) is 8.79.